The largest absolute Gasteiger partial charge is 0.747 e. The van der Waals surface area contributed by atoms with E-state index in [2.05, 4.69) is 19.3 Å². The van der Waals surface area contributed by atoms with Gasteiger partial charge in [0.1, 0.15) is 61.7 Å². The molecule has 3 aliphatic heterocycles. The molecule has 258 valence electrons. The van der Waals surface area contributed by atoms with Gasteiger partial charge in [-0.25, -0.2) is 19.5 Å². The van der Waals surface area contributed by atoms with Crippen LogP contribution in [0.4, 0.5) is 5.82 Å². The fourth-order valence-corrected chi connectivity index (χ4v) is 6.75. The number of ether oxygens (including phenoxy) is 2. The number of hydrogen-bond donors (Lipinski definition) is 7. The molecule has 5 rings (SSSR count). The predicted octanol–water partition coefficient (Wildman–Crippen LogP) is -1.71. The number of aliphatic hydroxyl groups excluding tert-OH is 3. The average Bonchev–Trinajstić information content (AvgIpc) is 3.69. The third-order valence-corrected chi connectivity index (χ3v) is 9.36. The van der Waals surface area contributed by atoms with E-state index in [1.807, 2.05) is 0 Å². The number of nitrogens with two attached hydrogens (primary N) is 2. The molecular formula is C22H27N8O15P3+2. The molecule has 2 fully saturated rings. The van der Waals surface area contributed by atoms with Crippen molar-refractivity contribution < 1.29 is 72.3 Å². The van der Waals surface area contributed by atoms with E-state index in [9.17, 15) is 48.9 Å². The number of phosphoric acid groups is 1. The van der Waals surface area contributed by atoms with Crippen LogP contribution in [0, 0.1) is 17.2 Å². The first-order valence-corrected chi connectivity index (χ1v) is 17.1. The number of phosphoric ester groups is 1. The molecule has 2 saturated heterocycles. The summed E-state index contributed by atoms with van der Waals surface area (Å²) >= 11 is 0. The van der Waals surface area contributed by atoms with Crippen molar-refractivity contribution >= 4 is 47.2 Å². The van der Waals surface area contributed by atoms with Crippen LogP contribution in [0.2, 0.25) is 0 Å². The quantitative estimate of drug-likeness (QED) is 0.113. The smallest absolute Gasteiger partial charge is 0.387 e. The third-order valence-electron chi connectivity index (χ3n) is 7.05. The number of aliphatic hydroxyl groups is 3. The monoisotopic (exact) mass is 737 g/mol. The van der Waals surface area contributed by atoms with Crippen LogP contribution in [0.15, 0.2) is 36.7 Å². The highest BCUT2D eigenvalue weighted by atomic mass is 31.2. The zero-order valence-corrected chi connectivity index (χ0v) is 26.6. The van der Waals surface area contributed by atoms with Gasteiger partial charge in [-0.1, -0.05) is 0 Å². The van der Waals surface area contributed by atoms with Crippen LogP contribution < -0.4 is 11.5 Å². The maximum atomic E-state index is 12.4. The first kappa shape index (κ1) is 34.4. The van der Waals surface area contributed by atoms with Crippen molar-refractivity contribution in [1.82, 2.24) is 24.4 Å². The number of allylic oxidation sites excluding steroid dienone is 1. The minimum atomic E-state index is -5.20. The lowest BCUT2D eigenvalue weighted by Crippen LogP contribution is -2.41. The Kier molecular flexibility index (Phi) is 10.5. The number of nitrogen functional groups attached to an aromatic ring is 1. The SMILES string of the molecule is [2H]C1(C#N)C=CN([C@@H]2O[C@H](CO[P+](=O)O[P+](=O)OC[C@H]3O[C@@H](n4cnc5c(N)ncnc54)[C@H](OP(=O)(O)O)[C@@H]3O)[C@@H](O)[C@H]2O)C=C1C(N)=O. The van der Waals surface area contributed by atoms with Crippen molar-refractivity contribution in [2.45, 2.75) is 49.1 Å². The molecule has 48 heavy (non-hydrogen) atoms. The molecule has 11 atom stereocenters. The highest BCUT2D eigenvalue weighted by molar-refractivity contribution is 7.47. The molecule has 0 aromatic carbocycles. The average molecular weight is 737 g/mol. The van der Waals surface area contributed by atoms with Crippen LogP contribution in [0.5, 0.6) is 0 Å². The molecule has 1 amide bonds. The van der Waals surface area contributed by atoms with Gasteiger partial charge in [0.05, 0.1) is 25.2 Å². The van der Waals surface area contributed by atoms with Gasteiger partial charge in [0.25, 0.3) is 0 Å². The number of aromatic nitrogens is 4. The van der Waals surface area contributed by atoms with Crippen molar-refractivity contribution in [3.63, 3.8) is 0 Å². The summed E-state index contributed by atoms with van der Waals surface area (Å²) in [7, 11) is -11.7. The predicted molar refractivity (Wildman–Crippen MR) is 153 cm³/mol. The lowest BCUT2D eigenvalue weighted by molar-refractivity contribution is -0.115. The molecule has 0 radical (unpaired) electrons. The number of nitrogens with zero attached hydrogens (tertiary/aromatic N) is 6. The molecule has 0 saturated carbocycles. The Hall–Kier alpha value is -3.42. The summed E-state index contributed by atoms with van der Waals surface area (Å²) in [4.78, 5) is 43.5. The molecule has 9 N–H and O–H groups in total. The van der Waals surface area contributed by atoms with E-state index < -0.39 is 104 Å². The molecule has 5 heterocycles. The Morgan fingerprint density at radius 2 is 1.73 bits per heavy atom. The summed E-state index contributed by atoms with van der Waals surface area (Å²) in [5.74, 6) is -3.19. The van der Waals surface area contributed by atoms with Crippen LogP contribution in [0.25, 0.3) is 11.2 Å². The van der Waals surface area contributed by atoms with Gasteiger partial charge in [-0.15, -0.1) is 9.05 Å². The van der Waals surface area contributed by atoms with E-state index in [0.717, 1.165) is 36.0 Å². The van der Waals surface area contributed by atoms with Crippen LogP contribution >= 0.6 is 24.3 Å². The van der Waals surface area contributed by atoms with Crippen molar-refractivity contribution in [3.8, 4) is 6.07 Å². The third kappa shape index (κ3) is 7.73. The Balaban J connectivity index is 1.15. The molecule has 3 aliphatic rings. The van der Waals surface area contributed by atoms with Crippen molar-refractivity contribution in [2.24, 2.45) is 11.6 Å². The highest BCUT2D eigenvalue weighted by Gasteiger charge is 2.52. The topological polar surface area (TPSA) is 347 Å². The first-order chi connectivity index (χ1) is 23.0. The first-order valence-electron chi connectivity index (χ1n) is 13.8. The summed E-state index contributed by atoms with van der Waals surface area (Å²) in [6.45, 7) is -1.42. The molecule has 0 bridgehead atoms. The van der Waals surface area contributed by atoms with Gasteiger partial charge in [0, 0.05) is 21.5 Å². The fourth-order valence-electron chi connectivity index (χ4n) is 4.86. The number of primary amides is 1. The minimum absolute atomic E-state index is 0.0160. The number of carbonyl (C=O) groups excluding carboxylic acids is 1. The van der Waals surface area contributed by atoms with Crippen LogP contribution in [0.3, 0.4) is 0 Å². The number of fused-ring (bicyclic) bond motifs is 1. The summed E-state index contributed by atoms with van der Waals surface area (Å²) in [5, 5.41) is 40.9. The molecule has 2 aromatic rings. The van der Waals surface area contributed by atoms with E-state index in [-0.39, 0.29) is 17.0 Å². The Morgan fingerprint density at radius 1 is 1.08 bits per heavy atom. The number of rotatable bonds is 13. The van der Waals surface area contributed by atoms with E-state index in [4.69, 9.17) is 35.9 Å². The minimum Gasteiger partial charge on any atom is -0.387 e. The van der Waals surface area contributed by atoms with Gasteiger partial charge >= 0.3 is 24.3 Å². The Labute approximate surface area is 271 Å². The molecule has 3 unspecified atom stereocenters. The number of carbonyl (C=O) groups is 1. The van der Waals surface area contributed by atoms with Gasteiger partial charge in [-0.05, 0) is 6.08 Å². The Morgan fingerprint density at radius 3 is 2.35 bits per heavy atom. The normalized spacial score (nSPS) is 33.0. The van der Waals surface area contributed by atoms with E-state index >= 15 is 0 Å². The molecule has 0 spiro atoms. The lowest BCUT2D eigenvalue weighted by Gasteiger charge is -2.29. The van der Waals surface area contributed by atoms with Crippen molar-refractivity contribution in [3.05, 3.63) is 36.7 Å². The summed E-state index contributed by atoms with van der Waals surface area (Å²) in [5.41, 5.74) is 10.8. The zero-order chi connectivity index (χ0) is 35.8. The number of imidazole rings is 1. The van der Waals surface area contributed by atoms with Crippen LogP contribution in [-0.4, -0.2) is 111 Å². The second-order valence-electron chi connectivity index (χ2n) is 10.1. The van der Waals surface area contributed by atoms with Crippen LogP contribution in [0.1, 0.15) is 7.60 Å². The van der Waals surface area contributed by atoms with Gasteiger partial charge < -0.3 is 50.9 Å². The number of anilines is 1. The number of amides is 1. The van der Waals surface area contributed by atoms with Crippen molar-refractivity contribution in [1.29, 1.82) is 5.26 Å². The molecule has 0 aliphatic carbocycles. The van der Waals surface area contributed by atoms with E-state index in [1.165, 1.54) is 4.57 Å². The van der Waals surface area contributed by atoms with Gasteiger partial charge in [-0.3, -0.25) is 13.9 Å². The zero-order valence-electron chi connectivity index (χ0n) is 24.9. The van der Waals surface area contributed by atoms with E-state index in [0.29, 0.717) is 0 Å². The summed E-state index contributed by atoms with van der Waals surface area (Å²) in [6.07, 6.45) is -6.95. The van der Waals surface area contributed by atoms with Gasteiger partial charge in [-0.2, -0.15) is 5.26 Å². The van der Waals surface area contributed by atoms with Gasteiger partial charge in [0.2, 0.25) is 5.91 Å². The fraction of sp³-hybridized carbons (Fsp3) is 0.500. The maximum Gasteiger partial charge on any atom is 0.747 e. The van der Waals surface area contributed by atoms with Crippen molar-refractivity contribution in [2.75, 3.05) is 18.9 Å². The van der Waals surface area contributed by atoms with Crippen LogP contribution in [-0.2, 0) is 45.8 Å². The highest BCUT2D eigenvalue weighted by Crippen LogP contribution is 2.46. The number of hydrogen-bond acceptors (Lipinski definition) is 19. The molecule has 2 aromatic heterocycles. The molecule has 23 nitrogen and oxygen atoms in total. The standard InChI is InChI=1S/C22H25N8O15P3/c23-3-9-1-2-29(4-10(9)19(25)34)21-16(33)14(31)11(42-21)5-40-46(35)45-47(36)41-6-12-15(32)17(44-48(37,38)39)22(43-12)30-8-28-13-18(24)26-7-27-20(13)30/h1-2,4,7-9,11-12,14-17,21-22,31-33H,5-6H2,(H4-2,24,25,26,27,34,37,38,39)/p+2/t9?,11-,12-,14-,15-,16-,17-,21-,22-/m1/s1/i9D. The van der Waals surface area contributed by atoms with E-state index in [1.54, 1.807) is 6.07 Å². The maximum absolute atomic E-state index is 12.4. The number of nitriles is 1. The molecule has 26 heteroatoms. The second kappa shape index (κ2) is 14.6. The molecular weight excluding hydrogens is 709 g/mol. The summed E-state index contributed by atoms with van der Waals surface area (Å²) < 4.78 is 76.1. The Bertz CT molecular complexity index is 1790. The lowest BCUT2D eigenvalue weighted by atomic mass is 9.98. The van der Waals surface area contributed by atoms with Gasteiger partial charge in [0.15, 0.2) is 28.2 Å². The summed E-state index contributed by atoms with van der Waals surface area (Å²) in [6, 6.07) is 1.62. The second-order valence-corrected chi connectivity index (χ2v) is 13.3.